The van der Waals surface area contributed by atoms with E-state index in [2.05, 4.69) is 70.4 Å². The number of sulfonamides is 1. The quantitative estimate of drug-likeness (QED) is 0.0432. The lowest BCUT2D eigenvalue weighted by Crippen LogP contribution is -2.67. The number of hydrogen-bond donors (Lipinski definition) is 0. The third kappa shape index (κ3) is 7.30. The van der Waals surface area contributed by atoms with Crippen molar-refractivity contribution < 1.29 is 18.1 Å². The van der Waals surface area contributed by atoms with E-state index in [9.17, 15) is 18.5 Å². The number of para-hydroxylation sites is 1. The van der Waals surface area contributed by atoms with Crippen molar-refractivity contribution in [2.24, 2.45) is 0 Å². The van der Waals surface area contributed by atoms with Crippen LogP contribution < -0.4 is 0 Å². The lowest BCUT2D eigenvalue weighted by molar-refractivity contribution is -0.387. The summed E-state index contributed by atoms with van der Waals surface area (Å²) in [5, 5.41) is 11.9. The van der Waals surface area contributed by atoms with Gasteiger partial charge in [0, 0.05) is 48.2 Å². The molecule has 0 bridgehead atoms. The minimum absolute atomic E-state index is 0.0276. The first kappa shape index (κ1) is 37.1. The van der Waals surface area contributed by atoms with Crippen LogP contribution in [0.3, 0.4) is 0 Å². The maximum Gasteiger partial charge on any atom is 0.289 e. The Bertz CT molecular complexity index is 2000. The van der Waals surface area contributed by atoms with E-state index >= 15 is 0 Å². The summed E-state index contributed by atoms with van der Waals surface area (Å²) in [4.78, 5) is 13.1. The second kappa shape index (κ2) is 16.3. The fourth-order valence-corrected chi connectivity index (χ4v) is 9.20. The van der Waals surface area contributed by atoms with E-state index < -0.39 is 26.2 Å². The number of nitro groups is 1. The number of halogens is 1. The summed E-state index contributed by atoms with van der Waals surface area (Å²) in [7, 11) is -4.29. The number of benzene rings is 5. The van der Waals surface area contributed by atoms with Crippen LogP contribution in [0.4, 0.5) is 5.69 Å². The zero-order valence-corrected chi connectivity index (χ0v) is 31.0. The van der Waals surface area contributed by atoms with Gasteiger partial charge in [0.1, 0.15) is 5.60 Å². The summed E-state index contributed by atoms with van der Waals surface area (Å²) < 4.78 is 37.9. The molecule has 0 saturated carbocycles. The molecule has 1 aliphatic rings. The van der Waals surface area contributed by atoms with Crippen LogP contribution in [-0.4, -0.2) is 60.9 Å². The van der Waals surface area contributed by atoms with Crippen LogP contribution in [0.2, 0.25) is 0 Å². The van der Waals surface area contributed by atoms with Crippen molar-refractivity contribution in [1.82, 2.24) is 9.21 Å². The molecular weight excluding hydrogens is 738 g/mol. The van der Waals surface area contributed by atoms with Crippen molar-refractivity contribution in [2.75, 3.05) is 26.2 Å². The molecule has 6 rings (SSSR count). The Hall–Kier alpha value is -4.71. The highest BCUT2D eigenvalue weighted by Crippen LogP contribution is 2.46. The van der Waals surface area contributed by atoms with E-state index in [4.69, 9.17) is 4.74 Å². The molecular formula is C42H40BrN3O5S. The minimum Gasteiger partial charge on any atom is -0.359 e. The first-order chi connectivity index (χ1) is 25.2. The van der Waals surface area contributed by atoms with Crippen molar-refractivity contribution in [3.8, 4) is 0 Å². The largest absolute Gasteiger partial charge is 0.359 e. The summed E-state index contributed by atoms with van der Waals surface area (Å²) in [6, 6.07) is 43.5. The highest BCUT2D eigenvalue weighted by atomic mass is 79.9. The van der Waals surface area contributed by atoms with E-state index in [1.807, 2.05) is 84.9 Å². The predicted molar refractivity (Wildman–Crippen MR) is 209 cm³/mol. The molecule has 3 atom stereocenters. The average molecular weight is 779 g/mol. The predicted octanol–water partition coefficient (Wildman–Crippen LogP) is 8.57. The molecule has 0 N–H and O–H groups in total. The summed E-state index contributed by atoms with van der Waals surface area (Å²) in [5.74, 6) is -0.165. The summed E-state index contributed by atoms with van der Waals surface area (Å²) >= 11 is 3.57. The number of nitro benzene ring substituents is 1. The number of rotatable bonds is 16. The summed E-state index contributed by atoms with van der Waals surface area (Å²) in [5.41, 5.74) is 2.53. The van der Waals surface area contributed by atoms with Gasteiger partial charge < -0.3 is 4.74 Å². The summed E-state index contributed by atoms with van der Waals surface area (Å²) in [6.07, 6.45) is 3.32. The topological polar surface area (TPSA) is 93.0 Å². The monoisotopic (exact) mass is 777 g/mol. The van der Waals surface area contributed by atoms with Gasteiger partial charge in [-0.3, -0.25) is 15.0 Å². The lowest BCUT2D eigenvalue weighted by Gasteiger charge is -2.57. The van der Waals surface area contributed by atoms with Crippen LogP contribution in [0.5, 0.6) is 0 Å². The van der Waals surface area contributed by atoms with E-state index in [0.29, 0.717) is 13.2 Å². The molecule has 0 unspecified atom stereocenters. The molecule has 1 saturated heterocycles. The van der Waals surface area contributed by atoms with Gasteiger partial charge in [0.05, 0.1) is 11.5 Å². The second-order valence-electron chi connectivity index (χ2n) is 12.6. The van der Waals surface area contributed by atoms with Gasteiger partial charge in [-0.2, -0.15) is 4.31 Å². The molecule has 52 heavy (non-hydrogen) atoms. The van der Waals surface area contributed by atoms with Crippen LogP contribution in [0, 0.1) is 10.1 Å². The number of hydrogen-bond acceptors (Lipinski definition) is 6. The highest BCUT2D eigenvalue weighted by molar-refractivity contribution is 9.10. The van der Waals surface area contributed by atoms with Gasteiger partial charge in [-0.25, -0.2) is 8.42 Å². The van der Waals surface area contributed by atoms with Gasteiger partial charge in [-0.1, -0.05) is 143 Å². The van der Waals surface area contributed by atoms with Gasteiger partial charge in [-0.15, -0.1) is 13.2 Å². The molecule has 0 aliphatic carbocycles. The molecule has 0 amide bonds. The first-order valence-corrected chi connectivity index (χ1v) is 19.2. The molecule has 0 aromatic heterocycles. The van der Waals surface area contributed by atoms with Gasteiger partial charge in [0.2, 0.25) is 10.0 Å². The van der Waals surface area contributed by atoms with Gasteiger partial charge in [0.25, 0.3) is 5.69 Å². The Balaban J connectivity index is 1.43. The zero-order valence-electron chi connectivity index (χ0n) is 28.6. The fourth-order valence-electron chi connectivity index (χ4n) is 7.35. The van der Waals surface area contributed by atoms with Crippen molar-refractivity contribution >= 4 is 31.6 Å². The molecule has 1 aliphatic heterocycles. The normalized spacial score (nSPS) is 17.7. The van der Waals surface area contributed by atoms with Crippen molar-refractivity contribution in [3.05, 3.63) is 202 Å². The Morgan fingerprint density at radius 3 is 1.79 bits per heavy atom. The van der Waals surface area contributed by atoms with Gasteiger partial charge >= 0.3 is 0 Å². The molecule has 0 spiro atoms. The van der Waals surface area contributed by atoms with Crippen LogP contribution in [-0.2, 0) is 20.4 Å². The van der Waals surface area contributed by atoms with Crippen molar-refractivity contribution in [1.29, 1.82) is 0 Å². The number of likely N-dealkylation sites (tertiary alicyclic amines) is 1. The molecule has 1 heterocycles. The molecule has 0 radical (unpaired) electrons. The smallest absolute Gasteiger partial charge is 0.289 e. The Kier molecular flexibility index (Phi) is 11.6. The van der Waals surface area contributed by atoms with Crippen molar-refractivity contribution in [2.45, 2.75) is 28.5 Å². The standard InChI is InChI=1S/C42H40BrN3O5S/c1-3-28-44(52(49,50)40-23-15-14-22-37(40)46(47)48)30-38-41(32-24-26-36(43)27-25-32)39(45(38)29-4-2)31-51-42(33-16-8-5-9-17-33,34-18-10-6-11-19-34)35-20-12-7-13-21-35/h3-27,38-39,41H,1-2,28-31H2/t38-,39-,41+/m1/s1. The maximum absolute atomic E-state index is 14.2. The average Bonchev–Trinajstić information content (AvgIpc) is 3.17. The van der Waals surface area contributed by atoms with Crippen LogP contribution >= 0.6 is 15.9 Å². The molecule has 8 nitrogen and oxygen atoms in total. The molecule has 10 heteroatoms. The zero-order chi connectivity index (χ0) is 36.7. The second-order valence-corrected chi connectivity index (χ2v) is 15.4. The Morgan fingerprint density at radius 2 is 1.29 bits per heavy atom. The van der Waals surface area contributed by atoms with E-state index in [1.165, 1.54) is 34.6 Å². The Labute approximate surface area is 314 Å². The fraction of sp³-hybridized carbons (Fsp3) is 0.190. The molecule has 5 aromatic rings. The van der Waals surface area contributed by atoms with E-state index in [0.717, 1.165) is 26.7 Å². The first-order valence-electron chi connectivity index (χ1n) is 17.0. The van der Waals surface area contributed by atoms with Crippen LogP contribution in [0.25, 0.3) is 0 Å². The Morgan fingerprint density at radius 1 is 0.769 bits per heavy atom. The molecule has 5 aromatic carbocycles. The third-order valence-electron chi connectivity index (χ3n) is 9.69. The van der Waals surface area contributed by atoms with Gasteiger partial charge in [-0.05, 0) is 40.5 Å². The number of ether oxygens (including phenoxy) is 1. The third-order valence-corrected chi connectivity index (χ3v) is 12.1. The van der Waals surface area contributed by atoms with E-state index in [1.54, 1.807) is 0 Å². The summed E-state index contributed by atoms with van der Waals surface area (Å²) in [6.45, 7) is 8.66. The highest BCUT2D eigenvalue weighted by Gasteiger charge is 2.51. The molecule has 266 valence electrons. The SMILES string of the molecule is C=CCN1[C@H](COC(c2ccccc2)(c2ccccc2)c2ccccc2)[C@@H](c2ccc(Br)cc2)[C@H]1CN(CC=C)S(=O)(=O)c1ccccc1[N+](=O)[O-]. The maximum atomic E-state index is 14.2. The van der Waals surface area contributed by atoms with E-state index in [-0.39, 0.29) is 36.0 Å². The van der Waals surface area contributed by atoms with Crippen molar-refractivity contribution in [3.63, 3.8) is 0 Å². The lowest BCUT2D eigenvalue weighted by atomic mass is 9.74. The van der Waals surface area contributed by atoms with Crippen LogP contribution in [0.1, 0.15) is 28.2 Å². The molecule has 1 fully saturated rings. The number of nitrogens with zero attached hydrogens (tertiary/aromatic N) is 3. The minimum atomic E-state index is -4.29. The van der Waals surface area contributed by atoms with Gasteiger partial charge in [0.15, 0.2) is 4.90 Å². The van der Waals surface area contributed by atoms with Crippen LogP contribution in [0.15, 0.2) is 174 Å².